The standard InChI is InChI=1S/C18H20ClNO2/c1-12-8-9-17(13(2)10-12)22-14(3)18(21)20-11-15-6-4-5-7-16(15)19/h4-10,14H,11H2,1-3H3,(H,20,21)/t14-/m0/s1. The summed E-state index contributed by atoms with van der Waals surface area (Å²) in [5.41, 5.74) is 3.07. The first-order valence-electron chi connectivity index (χ1n) is 7.22. The first-order chi connectivity index (χ1) is 10.5. The highest BCUT2D eigenvalue weighted by molar-refractivity contribution is 6.31. The van der Waals surface area contributed by atoms with Crippen LogP contribution in [0.3, 0.4) is 0 Å². The topological polar surface area (TPSA) is 38.3 Å². The van der Waals surface area contributed by atoms with E-state index in [2.05, 4.69) is 5.32 Å². The molecule has 0 aliphatic heterocycles. The smallest absolute Gasteiger partial charge is 0.261 e. The molecule has 3 nitrogen and oxygen atoms in total. The molecular formula is C18H20ClNO2. The van der Waals surface area contributed by atoms with Crippen LogP contribution < -0.4 is 10.1 Å². The van der Waals surface area contributed by atoms with Gasteiger partial charge in [0.05, 0.1) is 0 Å². The molecule has 0 aliphatic carbocycles. The lowest BCUT2D eigenvalue weighted by molar-refractivity contribution is -0.127. The van der Waals surface area contributed by atoms with Crippen molar-refractivity contribution in [2.45, 2.75) is 33.4 Å². The summed E-state index contributed by atoms with van der Waals surface area (Å²) < 4.78 is 5.74. The summed E-state index contributed by atoms with van der Waals surface area (Å²) in [5, 5.41) is 3.49. The molecule has 0 unspecified atom stereocenters. The van der Waals surface area contributed by atoms with Crippen molar-refractivity contribution in [1.29, 1.82) is 0 Å². The summed E-state index contributed by atoms with van der Waals surface area (Å²) in [7, 11) is 0. The number of carbonyl (C=O) groups excluding carboxylic acids is 1. The van der Waals surface area contributed by atoms with Gasteiger partial charge in [0.25, 0.3) is 5.91 Å². The van der Waals surface area contributed by atoms with E-state index in [1.807, 2.05) is 50.2 Å². The molecule has 116 valence electrons. The van der Waals surface area contributed by atoms with Gasteiger partial charge in [0.1, 0.15) is 5.75 Å². The number of aryl methyl sites for hydroxylation is 2. The fourth-order valence-corrected chi connectivity index (χ4v) is 2.35. The monoisotopic (exact) mass is 317 g/mol. The number of halogens is 1. The molecule has 2 rings (SSSR count). The van der Waals surface area contributed by atoms with Crippen molar-refractivity contribution in [3.05, 3.63) is 64.2 Å². The third-order valence-electron chi connectivity index (χ3n) is 3.41. The second-order valence-corrected chi connectivity index (χ2v) is 5.75. The number of benzene rings is 2. The van der Waals surface area contributed by atoms with Gasteiger partial charge in [-0.25, -0.2) is 0 Å². The Morgan fingerprint density at radius 2 is 1.95 bits per heavy atom. The summed E-state index contributed by atoms with van der Waals surface area (Å²) in [6.45, 7) is 6.12. The minimum Gasteiger partial charge on any atom is -0.481 e. The zero-order chi connectivity index (χ0) is 16.1. The first kappa shape index (κ1) is 16.4. The van der Waals surface area contributed by atoms with Gasteiger partial charge in [-0.15, -0.1) is 0 Å². The van der Waals surface area contributed by atoms with Crippen molar-refractivity contribution >= 4 is 17.5 Å². The zero-order valence-electron chi connectivity index (χ0n) is 13.0. The highest BCUT2D eigenvalue weighted by Gasteiger charge is 2.15. The minimum absolute atomic E-state index is 0.167. The van der Waals surface area contributed by atoms with Crippen LogP contribution in [0.5, 0.6) is 5.75 Å². The van der Waals surface area contributed by atoms with Crippen molar-refractivity contribution in [1.82, 2.24) is 5.32 Å². The van der Waals surface area contributed by atoms with Gasteiger partial charge in [-0.05, 0) is 44.0 Å². The van der Waals surface area contributed by atoms with Crippen molar-refractivity contribution in [2.75, 3.05) is 0 Å². The zero-order valence-corrected chi connectivity index (χ0v) is 13.8. The number of amides is 1. The molecule has 2 aromatic rings. The van der Waals surface area contributed by atoms with E-state index < -0.39 is 6.10 Å². The van der Waals surface area contributed by atoms with Gasteiger partial charge >= 0.3 is 0 Å². The molecule has 0 radical (unpaired) electrons. The number of rotatable bonds is 5. The molecular weight excluding hydrogens is 298 g/mol. The van der Waals surface area contributed by atoms with Crippen molar-refractivity contribution in [2.24, 2.45) is 0 Å². The predicted molar refractivity (Wildman–Crippen MR) is 89.3 cm³/mol. The number of nitrogens with one attached hydrogen (secondary N) is 1. The summed E-state index contributed by atoms with van der Waals surface area (Å²) in [4.78, 5) is 12.1. The Hall–Kier alpha value is -2.00. The van der Waals surface area contributed by atoms with Gasteiger partial charge in [-0.3, -0.25) is 4.79 Å². The second-order valence-electron chi connectivity index (χ2n) is 5.34. The summed E-state index contributed by atoms with van der Waals surface area (Å²) in [5.74, 6) is 0.561. The van der Waals surface area contributed by atoms with E-state index in [-0.39, 0.29) is 5.91 Å². The van der Waals surface area contributed by atoms with E-state index in [0.29, 0.717) is 11.6 Å². The van der Waals surface area contributed by atoms with Gasteiger partial charge in [0.15, 0.2) is 6.10 Å². The molecule has 1 atom stereocenters. The van der Waals surface area contributed by atoms with E-state index in [0.717, 1.165) is 16.9 Å². The maximum absolute atomic E-state index is 12.1. The SMILES string of the molecule is Cc1ccc(O[C@@H](C)C(=O)NCc2ccccc2Cl)c(C)c1. The summed E-state index contributed by atoms with van der Waals surface area (Å²) in [6.07, 6.45) is -0.566. The van der Waals surface area contributed by atoms with E-state index in [9.17, 15) is 4.79 Å². The van der Waals surface area contributed by atoms with Crippen LogP contribution in [0, 0.1) is 13.8 Å². The van der Waals surface area contributed by atoms with E-state index in [1.165, 1.54) is 5.56 Å². The first-order valence-corrected chi connectivity index (χ1v) is 7.60. The Balaban J connectivity index is 1.93. The minimum atomic E-state index is -0.566. The Morgan fingerprint density at radius 1 is 1.23 bits per heavy atom. The highest BCUT2D eigenvalue weighted by Crippen LogP contribution is 2.20. The second kappa shape index (κ2) is 7.32. The molecule has 0 spiro atoms. The van der Waals surface area contributed by atoms with E-state index >= 15 is 0 Å². The molecule has 0 saturated carbocycles. The Morgan fingerprint density at radius 3 is 2.64 bits per heavy atom. The Kier molecular flexibility index (Phi) is 5.45. The van der Waals surface area contributed by atoms with Crippen LogP contribution in [0.1, 0.15) is 23.6 Å². The number of carbonyl (C=O) groups is 1. The van der Waals surface area contributed by atoms with Crippen LogP contribution in [-0.2, 0) is 11.3 Å². The summed E-state index contributed by atoms with van der Waals surface area (Å²) in [6, 6.07) is 13.3. The van der Waals surface area contributed by atoms with Crippen LogP contribution >= 0.6 is 11.6 Å². The van der Waals surface area contributed by atoms with Crippen LogP contribution in [0.25, 0.3) is 0 Å². The molecule has 2 aromatic carbocycles. The predicted octanol–water partition coefficient (Wildman–Crippen LogP) is 4.04. The lowest BCUT2D eigenvalue weighted by Gasteiger charge is -2.17. The third-order valence-corrected chi connectivity index (χ3v) is 3.78. The quantitative estimate of drug-likeness (QED) is 0.903. The molecule has 0 fully saturated rings. The van der Waals surface area contributed by atoms with Crippen LogP contribution in [0.4, 0.5) is 0 Å². The van der Waals surface area contributed by atoms with Crippen LogP contribution in [0.2, 0.25) is 5.02 Å². The molecule has 0 heterocycles. The molecule has 1 N–H and O–H groups in total. The lowest BCUT2D eigenvalue weighted by Crippen LogP contribution is -2.36. The fourth-order valence-electron chi connectivity index (χ4n) is 2.14. The van der Waals surface area contributed by atoms with Crippen LogP contribution in [-0.4, -0.2) is 12.0 Å². The fraction of sp³-hybridized carbons (Fsp3) is 0.278. The van der Waals surface area contributed by atoms with Crippen molar-refractivity contribution < 1.29 is 9.53 Å². The average Bonchev–Trinajstić information content (AvgIpc) is 2.49. The molecule has 0 aromatic heterocycles. The largest absolute Gasteiger partial charge is 0.481 e. The van der Waals surface area contributed by atoms with Crippen molar-refractivity contribution in [3.8, 4) is 5.75 Å². The normalized spacial score (nSPS) is 11.8. The van der Waals surface area contributed by atoms with E-state index in [1.54, 1.807) is 13.0 Å². The molecule has 0 saturated heterocycles. The molecule has 22 heavy (non-hydrogen) atoms. The maximum atomic E-state index is 12.1. The van der Waals surface area contributed by atoms with Crippen LogP contribution in [0.15, 0.2) is 42.5 Å². The summed E-state index contributed by atoms with van der Waals surface area (Å²) >= 11 is 6.07. The van der Waals surface area contributed by atoms with Gasteiger partial charge in [-0.2, -0.15) is 0 Å². The highest BCUT2D eigenvalue weighted by atomic mass is 35.5. The Bertz CT molecular complexity index is 670. The average molecular weight is 318 g/mol. The Labute approximate surface area is 136 Å². The maximum Gasteiger partial charge on any atom is 0.261 e. The molecule has 1 amide bonds. The van der Waals surface area contributed by atoms with Gasteiger partial charge in [0.2, 0.25) is 0 Å². The van der Waals surface area contributed by atoms with Gasteiger partial charge in [0, 0.05) is 11.6 Å². The number of hydrogen-bond donors (Lipinski definition) is 1. The lowest BCUT2D eigenvalue weighted by atomic mass is 10.1. The number of hydrogen-bond acceptors (Lipinski definition) is 2. The van der Waals surface area contributed by atoms with Gasteiger partial charge in [-0.1, -0.05) is 47.5 Å². The third kappa shape index (κ3) is 4.25. The van der Waals surface area contributed by atoms with Gasteiger partial charge < -0.3 is 10.1 Å². The number of ether oxygens (including phenoxy) is 1. The van der Waals surface area contributed by atoms with E-state index in [4.69, 9.17) is 16.3 Å². The molecule has 0 bridgehead atoms. The molecule has 4 heteroatoms. The van der Waals surface area contributed by atoms with Crippen molar-refractivity contribution in [3.63, 3.8) is 0 Å². The molecule has 0 aliphatic rings.